The number of thioether (sulfide) groups is 1. The van der Waals surface area contributed by atoms with Crippen molar-refractivity contribution in [3.8, 4) is 0 Å². The summed E-state index contributed by atoms with van der Waals surface area (Å²) in [5.74, 6) is 6.60. The molecule has 1 aromatic carbocycles. The second-order valence-electron chi connectivity index (χ2n) is 2.86. The molecule has 4 heteroatoms. The van der Waals surface area contributed by atoms with Gasteiger partial charge in [0.2, 0.25) is 5.91 Å². The number of hydrogen-bond acceptors (Lipinski definition) is 3. The van der Waals surface area contributed by atoms with E-state index in [2.05, 4.69) is 17.6 Å². The molecule has 0 aliphatic carbocycles. The fourth-order valence-electron chi connectivity index (χ4n) is 1.00. The van der Waals surface area contributed by atoms with E-state index < -0.39 is 0 Å². The second-order valence-corrected chi connectivity index (χ2v) is 3.96. The molecule has 0 bridgehead atoms. The summed E-state index contributed by atoms with van der Waals surface area (Å²) in [7, 11) is 0. The molecular weight excluding hydrogens is 196 g/mol. The Labute approximate surface area is 88.0 Å². The Hall–Kier alpha value is -1.00. The highest BCUT2D eigenvalue weighted by Gasteiger charge is 1.98. The summed E-state index contributed by atoms with van der Waals surface area (Å²) in [5.41, 5.74) is 3.39. The quantitative estimate of drug-likeness (QED) is 0.333. The van der Waals surface area contributed by atoms with Gasteiger partial charge in [0.1, 0.15) is 0 Å². The van der Waals surface area contributed by atoms with Crippen LogP contribution in [0.25, 0.3) is 0 Å². The highest BCUT2D eigenvalue weighted by molar-refractivity contribution is 7.98. The maximum atomic E-state index is 10.8. The number of carbonyl (C=O) groups excluding carboxylic acids is 1. The van der Waals surface area contributed by atoms with E-state index in [1.54, 1.807) is 11.8 Å². The zero-order valence-electron chi connectivity index (χ0n) is 7.90. The fourth-order valence-corrected chi connectivity index (χ4v) is 1.90. The summed E-state index contributed by atoms with van der Waals surface area (Å²) >= 11 is 1.73. The molecule has 0 heterocycles. The van der Waals surface area contributed by atoms with Crippen LogP contribution in [0.3, 0.4) is 0 Å². The van der Waals surface area contributed by atoms with Crippen molar-refractivity contribution in [3.63, 3.8) is 0 Å². The molecule has 1 amide bonds. The average molecular weight is 210 g/mol. The first-order valence-corrected chi connectivity index (χ1v) is 5.59. The second kappa shape index (κ2) is 6.45. The fraction of sp³-hybridized carbons (Fsp3) is 0.300. The topological polar surface area (TPSA) is 55.1 Å². The van der Waals surface area contributed by atoms with Crippen LogP contribution < -0.4 is 11.3 Å². The van der Waals surface area contributed by atoms with E-state index in [-0.39, 0.29) is 5.91 Å². The predicted octanol–water partition coefficient (Wildman–Crippen LogP) is 1.30. The Morgan fingerprint density at radius 3 is 2.71 bits per heavy atom. The molecule has 0 unspecified atom stereocenters. The van der Waals surface area contributed by atoms with E-state index in [1.807, 2.05) is 18.2 Å². The summed E-state index contributed by atoms with van der Waals surface area (Å²) in [5, 5.41) is 0. The van der Waals surface area contributed by atoms with Crippen LogP contribution in [0.15, 0.2) is 30.3 Å². The van der Waals surface area contributed by atoms with Gasteiger partial charge in [0.25, 0.3) is 0 Å². The van der Waals surface area contributed by atoms with Crippen LogP contribution in [0.4, 0.5) is 0 Å². The van der Waals surface area contributed by atoms with Gasteiger partial charge < -0.3 is 0 Å². The van der Waals surface area contributed by atoms with Crippen LogP contribution in [-0.4, -0.2) is 11.7 Å². The maximum Gasteiger partial charge on any atom is 0.234 e. The van der Waals surface area contributed by atoms with Crippen LogP contribution in [0.5, 0.6) is 0 Å². The lowest BCUT2D eigenvalue weighted by molar-refractivity contribution is -0.120. The third kappa shape index (κ3) is 4.30. The van der Waals surface area contributed by atoms with Crippen molar-refractivity contribution in [2.75, 3.05) is 5.75 Å². The normalized spacial score (nSPS) is 9.79. The number of rotatable bonds is 5. The molecule has 1 rings (SSSR count). The molecule has 76 valence electrons. The smallest absolute Gasteiger partial charge is 0.234 e. The van der Waals surface area contributed by atoms with Crippen molar-refractivity contribution in [1.29, 1.82) is 0 Å². The molecule has 0 saturated heterocycles. The van der Waals surface area contributed by atoms with Crippen molar-refractivity contribution >= 4 is 17.7 Å². The van der Waals surface area contributed by atoms with Gasteiger partial charge in [-0.15, -0.1) is 0 Å². The summed E-state index contributed by atoms with van der Waals surface area (Å²) in [6.45, 7) is 0. The molecule has 1 aromatic rings. The molecule has 0 spiro atoms. The van der Waals surface area contributed by atoms with Crippen molar-refractivity contribution in [2.24, 2.45) is 5.84 Å². The lowest BCUT2D eigenvalue weighted by Crippen LogP contribution is -2.30. The molecule has 0 radical (unpaired) electrons. The first-order valence-electron chi connectivity index (χ1n) is 4.44. The summed E-state index contributed by atoms with van der Waals surface area (Å²) in [4.78, 5) is 10.8. The lowest BCUT2D eigenvalue weighted by atomic mass is 10.2. The number of hydrogen-bond donors (Lipinski definition) is 2. The third-order valence-electron chi connectivity index (χ3n) is 1.75. The van der Waals surface area contributed by atoms with Gasteiger partial charge in [-0.3, -0.25) is 10.2 Å². The third-order valence-corrected chi connectivity index (χ3v) is 2.78. The largest absolute Gasteiger partial charge is 0.294 e. The number of nitrogens with two attached hydrogens (primary N) is 1. The van der Waals surface area contributed by atoms with Gasteiger partial charge in [0.05, 0.1) is 0 Å². The molecule has 0 saturated carbocycles. The Morgan fingerprint density at radius 2 is 2.07 bits per heavy atom. The number of amides is 1. The Kier molecular flexibility index (Phi) is 5.11. The zero-order valence-corrected chi connectivity index (χ0v) is 8.72. The summed E-state index contributed by atoms with van der Waals surface area (Å²) in [6, 6.07) is 10.2. The highest BCUT2D eigenvalue weighted by Crippen LogP contribution is 2.12. The minimum absolute atomic E-state index is 0.106. The van der Waals surface area contributed by atoms with E-state index in [4.69, 9.17) is 5.84 Å². The number of benzene rings is 1. The average Bonchev–Trinajstić information content (AvgIpc) is 2.25. The molecule has 0 fully saturated rings. The SMILES string of the molecule is NNC(=O)CCSCc1ccccc1. The van der Waals surface area contributed by atoms with Gasteiger partial charge in [0, 0.05) is 17.9 Å². The monoisotopic (exact) mass is 210 g/mol. The maximum absolute atomic E-state index is 10.8. The standard InChI is InChI=1S/C10H14N2OS/c11-12-10(13)6-7-14-8-9-4-2-1-3-5-9/h1-5H,6-8,11H2,(H,12,13). The van der Waals surface area contributed by atoms with Gasteiger partial charge >= 0.3 is 0 Å². The molecule has 0 aliphatic rings. The van der Waals surface area contributed by atoms with Crippen LogP contribution >= 0.6 is 11.8 Å². The Balaban J connectivity index is 2.13. The van der Waals surface area contributed by atoms with Crippen molar-refractivity contribution in [3.05, 3.63) is 35.9 Å². The van der Waals surface area contributed by atoms with Gasteiger partial charge in [-0.2, -0.15) is 11.8 Å². The van der Waals surface area contributed by atoms with Crippen LogP contribution in [-0.2, 0) is 10.5 Å². The Bertz CT molecular complexity index is 277. The molecule has 0 aromatic heterocycles. The molecule has 14 heavy (non-hydrogen) atoms. The molecule has 3 N–H and O–H groups in total. The summed E-state index contributed by atoms with van der Waals surface area (Å²) in [6.07, 6.45) is 0.480. The predicted molar refractivity (Wildman–Crippen MR) is 59.6 cm³/mol. The highest BCUT2D eigenvalue weighted by atomic mass is 32.2. The minimum Gasteiger partial charge on any atom is -0.294 e. The Morgan fingerprint density at radius 1 is 1.36 bits per heavy atom. The van der Waals surface area contributed by atoms with Crippen LogP contribution in [0.1, 0.15) is 12.0 Å². The van der Waals surface area contributed by atoms with E-state index in [1.165, 1.54) is 5.56 Å². The van der Waals surface area contributed by atoms with E-state index in [0.717, 1.165) is 11.5 Å². The van der Waals surface area contributed by atoms with Gasteiger partial charge in [-0.1, -0.05) is 30.3 Å². The molecule has 0 atom stereocenters. The van der Waals surface area contributed by atoms with E-state index in [9.17, 15) is 4.79 Å². The van der Waals surface area contributed by atoms with E-state index >= 15 is 0 Å². The van der Waals surface area contributed by atoms with Crippen molar-refractivity contribution < 1.29 is 4.79 Å². The van der Waals surface area contributed by atoms with Crippen LogP contribution in [0, 0.1) is 0 Å². The number of hydrazine groups is 1. The molecule has 3 nitrogen and oxygen atoms in total. The van der Waals surface area contributed by atoms with Gasteiger partial charge in [-0.05, 0) is 5.56 Å². The first kappa shape index (κ1) is 11.1. The zero-order chi connectivity index (χ0) is 10.2. The number of carbonyl (C=O) groups is 1. The minimum atomic E-state index is -0.106. The van der Waals surface area contributed by atoms with Gasteiger partial charge in [0.15, 0.2) is 0 Å². The van der Waals surface area contributed by atoms with Gasteiger partial charge in [-0.25, -0.2) is 5.84 Å². The lowest BCUT2D eigenvalue weighted by Gasteiger charge is -2.01. The summed E-state index contributed by atoms with van der Waals surface area (Å²) < 4.78 is 0. The van der Waals surface area contributed by atoms with E-state index in [0.29, 0.717) is 6.42 Å². The molecular formula is C10H14N2OS. The number of nitrogens with one attached hydrogen (secondary N) is 1. The molecule has 0 aliphatic heterocycles. The first-order chi connectivity index (χ1) is 6.83. The van der Waals surface area contributed by atoms with Crippen molar-refractivity contribution in [1.82, 2.24) is 5.43 Å². The van der Waals surface area contributed by atoms with Crippen LogP contribution in [0.2, 0.25) is 0 Å². The van der Waals surface area contributed by atoms with Crippen molar-refractivity contribution in [2.45, 2.75) is 12.2 Å².